The van der Waals surface area contributed by atoms with Crippen LogP contribution in [0.1, 0.15) is 40.2 Å². The first-order valence-electron chi connectivity index (χ1n) is 11.0. The van der Waals surface area contributed by atoms with Crippen molar-refractivity contribution in [1.82, 2.24) is 29.7 Å². The van der Waals surface area contributed by atoms with E-state index in [1.54, 1.807) is 25.5 Å². The Morgan fingerprint density at radius 1 is 1.18 bits per heavy atom. The van der Waals surface area contributed by atoms with Crippen LogP contribution in [0.5, 0.6) is 0 Å². The summed E-state index contributed by atoms with van der Waals surface area (Å²) in [6.07, 6.45) is 5.43. The summed E-state index contributed by atoms with van der Waals surface area (Å²) in [4.78, 5) is 39.6. The number of hydrogen-bond donors (Lipinski definition) is 1. The molecule has 0 unspecified atom stereocenters. The highest BCUT2D eigenvalue weighted by Crippen LogP contribution is 2.27. The summed E-state index contributed by atoms with van der Waals surface area (Å²) >= 11 is 0. The molecule has 0 aromatic carbocycles. The van der Waals surface area contributed by atoms with Crippen LogP contribution in [0, 0.1) is 13.8 Å². The van der Waals surface area contributed by atoms with Crippen LogP contribution in [0.4, 0.5) is 0 Å². The van der Waals surface area contributed by atoms with Crippen LogP contribution in [0.15, 0.2) is 42.9 Å². The zero-order valence-corrected chi connectivity index (χ0v) is 19.1. The molecule has 2 amide bonds. The summed E-state index contributed by atoms with van der Waals surface area (Å²) < 4.78 is 7.96. The van der Waals surface area contributed by atoms with Gasteiger partial charge in [0.05, 0.1) is 18.8 Å². The number of carbonyl (C=O) groups is 2. The predicted octanol–water partition coefficient (Wildman–Crippen LogP) is 2.31. The van der Waals surface area contributed by atoms with Gasteiger partial charge in [-0.2, -0.15) is 0 Å². The Hall–Kier alpha value is -3.59. The largest absolute Gasteiger partial charge is 0.368 e. The Labute approximate surface area is 192 Å². The van der Waals surface area contributed by atoms with E-state index in [9.17, 15) is 9.59 Å². The molecule has 9 nitrogen and oxygen atoms in total. The molecule has 9 heteroatoms. The van der Waals surface area contributed by atoms with Crippen molar-refractivity contribution in [3.8, 4) is 11.1 Å². The predicted molar refractivity (Wildman–Crippen MR) is 122 cm³/mol. The number of pyridine rings is 2. The van der Waals surface area contributed by atoms with Gasteiger partial charge in [0.1, 0.15) is 17.6 Å². The van der Waals surface area contributed by atoms with Gasteiger partial charge in [0.25, 0.3) is 5.91 Å². The van der Waals surface area contributed by atoms with Crippen molar-refractivity contribution in [2.24, 2.45) is 0 Å². The van der Waals surface area contributed by atoms with Crippen molar-refractivity contribution in [3.63, 3.8) is 0 Å². The standard InChI is InChI=1S/C24H28N6O3/c1-16-12-19(18-4-5-20(27-14-18)24(32)25-3)13-21(28-16)22-15-30(10-11-33-22)23(31)6-8-29-9-7-26-17(29)2/h4-5,7,9,12-14,22H,6,8,10-11,15H2,1-3H3,(H,25,32)/t22-/m1/s1. The number of aryl methyl sites for hydroxylation is 3. The number of aromatic nitrogens is 4. The highest BCUT2D eigenvalue weighted by Gasteiger charge is 2.26. The molecular formula is C24H28N6O3. The molecule has 4 heterocycles. The third-order valence-electron chi connectivity index (χ3n) is 5.77. The molecule has 1 aliphatic rings. The van der Waals surface area contributed by atoms with E-state index in [-0.39, 0.29) is 17.9 Å². The van der Waals surface area contributed by atoms with E-state index in [0.717, 1.165) is 28.3 Å². The summed E-state index contributed by atoms with van der Waals surface area (Å²) in [5.74, 6) is 0.770. The minimum atomic E-state index is -0.297. The number of morpholine rings is 1. The Morgan fingerprint density at radius 2 is 2.03 bits per heavy atom. The summed E-state index contributed by atoms with van der Waals surface area (Å²) in [5, 5.41) is 2.57. The van der Waals surface area contributed by atoms with Gasteiger partial charge in [0.2, 0.25) is 5.91 Å². The fourth-order valence-electron chi connectivity index (χ4n) is 3.92. The summed E-state index contributed by atoms with van der Waals surface area (Å²) in [7, 11) is 1.58. The maximum Gasteiger partial charge on any atom is 0.269 e. The molecule has 1 saturated heterocycles. The van der Waals surface area contributed by atoms with E-state index in [1.807, 2.05) is 47.7 Å². The molecule has 0 bridgehead atoms. The van der Waals surface area contributed by atoms with Crippen molar-refractivity contribution in [2.75, 3.05) is 26.7 Å². The Balaban J connectivity index is 1.47. The smallest absolute Gasteiger partial charge is 0.269 e. The zero-order valence-electron chi connectivity index (χ0n) is 19.1. The minimum Gasteiger partial charge on any atom is -0.368 e. The van der Waals surface area contributed by atoms with E-state index < -0.39 is 0 Å². The molecule has 1 fully saturated rings. The Kier molecular flexibility index (Phi) is 6.79. The number of imidazole rings is 1. The molecular weight excluding hydrogens is 420 g/mol. The number of ether oxygens (including phenoxy) is 1. The first kappa shape index (κ1) is 22.6. The van der Waals surface area contributed by atoms with E-state index in [1.165, 1.54) is 0 Å². The van der Waals surface area contributed by atoms with Crippen molar-refractivity contribution in [3.05, 3.63) is 65.8 Å². The highest BCUT2D eigenvalue weighted by molar-refractivity contribution is 5.92. The average Bonchev–Trinajstić information content (AvgIpc) is 3.26. The zero-order chi connectivity index (χ0) is 23.4. The lowest BCUT2D eigenvalue weighted by Crippen LogP contribution is -2.42. The first-order valence-corrected chi connectivity index (χ1v) is 11.0. The molecule has 1 aliphatic heterocycles. The Morgan fingerprint density at radius 3 is 2.73 bits per heavy atom. The van der Waals surface area contributed by atoms with Crippen molar-refractivity contribution >= 4 is 11.8 Å². The number of hydrogen-bond acceptors (Lipinski definition) is 6. The van der Waals surface area contributed by atoms with Crippen LogP contribution >= 0.6 is 0 Å². The third kappa shape index (κ3) is 5.25. The van der Waals surface area contributed by atoms with Crippen molar-refractivity contribution in [2.45, 2.75) is 32.9 Å². The van der Waals surface area contributed by atoms with Crippen molar-refractivity contribution < 1.29 is 14.3 Å². The molecule has 33 heavy (non-hydrogen) atoms. The first-order chi connectivity index (χ1) is 15.9. The second-order valence-corrected chi connectivity index (χ2v) is 8.05. The van der Waals surface area contributed by atoms with Crippen LogP contribution in [-0.2, 0) is 16.1 Å². The maximum absolute atomic E-state index is 12.8. The van der Waals surface area contributed by atoms with Gasteiger partial charge in [0.15, 0.2) is 0 Å². The molecule has 3 aromatic rings. The molecule has 0 aliphatic carbocycles. The maximum atomic E-state index is 12.8. The summed E-state index contributed by atoms with van der Waals surface area (Å²) in [6, 6.07) is 7.51. The molecule has 0 saturated carbocycles. The van der Waals surface area contributed by atoms with Crippen LogP contribution in [0.25, 0.3) is 11.1 Å². The van der Waals surface area contributed by atoms with Crippen LogP contribution < -0.4 is 5.32 Å². The fourth-order valence-corrected chi connectivity index (χ4v) is 3.92. The molecule has 0 spiro atoms. The normalized spacial score (nSPS) is 16.0. The lowest BCUT2D eigenvalue weighted by atomic mass is 10.0. The van der Waals surface area contributed by atoms with Gasteiger partial charge in [-0.3, -0.25) is 19.6 Å². The van der Waals surface area contributed by atoms with E-state index in [4.69, 9.17) is 4.74 Å². The molecule has 1 atom stereocenters. The molecule has 172 valence electrons. The quantitative estimate of drug-likeness (QED) is 0.621. The van der Waals surface area contributed by atoms with Crippen LogP contribution in [-0.4, -0.2) is 63.0 Å². The SMILES string of the molecule is CNC(=O)c1ccc(-c2cc(C)nc([C@H]3CN(C(=O)CCn4ccnc4C)CCO3)c2)cn1. The second kappa shape index (κ2) is 9.91. The summed E-state index contributed by atoms with van der Waals surface area (Å²) in [6.45, 7) is 5.97. The van der Waals surface area contributed by atoms with Crippen LogP contribution in [0.2, 0.25) is 0 Å². The van der Waals surface area contributed by atoms with Gasteiger partial charge in [-0.1, -0.05) is 6.07 Å². The minimum absolute atomic E-state index is 0.0956. The Bertz CT molecular complexity index is 1140. The fraction of sp³-hybridized carbons (Fsp3) is 0.375. The average molecular weight is 449 g/mol. The monoisotopic (exact) mass is 448 g/mol. The van der Waals surface area contributed by atoms with Gasteiger partial charge in [-0.05, 0) is 37.6 Å². The van der Waals surface area contributed by atoms with Gasteiger partial charge >= 0.3 is 0 Å². The van der Waals surface area contributed by atoms with Gasteiger partial charge in [-0.15, -0.1) is 0 Å². The molecule has 3 aromatic heterocycles. The molecule has 4 rings (SSSR count). The number of nitrogens with one attached hydrogen (secondary N) is 1. The third-order valence-corrected chi connectivity index (χ3v) is 5.77. The van der Waals surface area contributed by atoms with Crippen LogP contribution in [0.3, 0.4) is 0 Å². The van der Waals surface area contributed by atoms with E-state index >= 15 is 0 Å². The summed E-state index contributed by atoms with van der Waals surface area (Å²) in [5.41, 5.74) is 3.82. The van der Waals surface area contributed by atoms with Gasteiger partial charge < -0.3 is 19.5 Å². The topological polar surface area (TPSA) is 102 Å². The number of carbonyl (C=O) groups excluding carboxylic acids is 2. The number of rotatable bonds is 6. The van der Waals surface area contributed by atoms with E-state index in [0.29, 0.717) is 38.4 Å². The number of amides is 2. The number of nitrogens with zero attached hydrogens (tertiary/aromatic N) is 5. The van der Waals surface area contributed by atoms with Gasteiger partial charge in [0, 0.05) is 56.4 Å². The van der Waals surface area contributed by atoms with E-state index in [2.05, 4.69) is 20.3 Å². The highest BCUT2D eigenvalue weighted by atomic mass is 16.5. The van der Waals surface area contributed by atoms with Gasteiger partial charge in [-0.25, -0.2) is 4.98 Å². The molecule has 1 N–H and O–H groups in total. The lowest BCUT2D eigenvalue weighted by Gasteiger charge is -2.33. The second-order valence-electron chi connectivity index (χ2n) is 8.05. The molecule has 0 radical (unpaired) electrons. The lowest BCUT2D eigenvalue weighted by molar-refractivity contribution is -0.139. The van der Waals surface area contributed by atoms with Crippen molar-refractivity contribution in [1.29, 1.82) is 0 Å².